The molecule has 0 saturated carbocycles. The molecule has 2 aromatic carbocycles. The Hall–Kier alpha value is -2.68. The van der Waals surface area contributed by atoms with Crippen molar-refractivity contribution in [3.8, 4) is 5.75 Å². The Morgan fingerprint density at radius 1 is 1.06 bits per heavy atom. The highest BCUT2D eigenvalue weighted by atomic mass is 32.2. The van der Waals surface area contributed by atoms with Crippen LogP contribution in [0.1, 0.15) is 28.3 Å². The first-order valence-corrected chi connectivity index (χ1v) is 13.1. The van der Waals surface area contributed by atoms with E-state index >= 15 is 0 Å². The molecule has 0 amide bonds. The molecule has 0 radical (unpaired) electrons. The van der Waals surface area contributed by atoms with E-state index in [0.717, 1.165) is 23.3 Å². The van der Waals surface area contributed by atoms with Crippen molar-refractivity contribution in [3.05, 3.63) is 82.0 Å². The number of ether oxygens (including phenoxy) is 2. The van der Waals surface area contributed by atoms with Gasteiger partial charge in [-0.1, -0.05) is 30.3 Å². The van der Waals surface area contributed by atoms with Gasteiger partial charge in [-0.05, 0) is 65.6 Å². The fourth-order valence-electron chi connectivity index (χ4n) is 4.32. The number of carbonyl (C=O) groups is 1. The van der Waals surface area contributed by atoms with Gasteiger partial charge < -0.3 is 9.47 Å². The number of esters is 1. The average Bonchev–Trinajstić information content (AvgIpc) is 3.25. The fourth-order valence-corrected chi connectivity index (χ4v) is 6.94. The van der Waals surface area contributed by atoms with Gasteiger partial charge in [0.1, 0.15) is 11.8 Å². The molecule has 6 nitrogen and oxygen atoms in total. The molecule has 2 atom stereocenters. The molecule has 1 aliphatic rings. The Balaban J connectivity index is 1.71. The summed E-state index contributed by atoms with van der Waals surface area (Å²) in [7, 11) is -1.12. The summed E-state index contributed by atoms with van der Waals surface area (Å²) in [4.78, 5) is 13.9. The molecule has 3 aromatic rings. The highest BCUT2D eigenvalue weighted by Crippen LogP contribution is 2.37. The lowest BCUT2D eigenvalue weighted by Gasteiger charge is -2.29. The molecule has 0 unspecified atom stereocenters. The summed E-state index contributed by atoms with van der Waals surface area (Å²) in [5.41, 5.74) is 2.32. The molecule has 0 aliphatic carbocycles. The smallest absolute Gasteiger partial charge is 0.324 e. The molecule has 1 aliphatic heterocycles. The van der Waals surface area contributed by atoms with Gasteiger partial charge in [-0.25, -0.2) is 8.42 Å². The predicted molar refractivity (Wildman–Crippen MR) is 128 cm³/mol. The van der Waals surface area contributed by atoms with Gasteiger partial charge in [0.05, 0.1) is 19.1 Å². The van der Waals surface area contributed by atoms with Gasteiger partial charge in [-0.2, -0.15) is 4.31 Å². The number of benzene rings is 2. The summed E-state index contributed by atoms with van der Waals surface area (Å²) < 4.78 is 39.0. The van der Waals surface area contributed by atoms with E-state index in [1.807, 2.05) is 23.6 Å². The van der Waals surface area contributed by atoms with Crippen LogP contribution >= 0.6 is 11.3 Å². The number of fused-ring (bicyclic) bond motifs is 1. The van der Waals surface area contributed by atoms with Crippen LogP contribution in [-0.4, -0.2) is 45.5 Å². The van der Waals surface area contributed by atoms with Crippen LogP contribution in [0.4, 0.5) is 0 Å². The molecule has 0 N–H and O–H groups in total. The third-order valence-corrected chi connectivity index (χ3v) is 8.96. The van der Waals surface area contributed by atoms with Gasteiger partial charge in [0.25, 0.3) is 0 Å². The highest BCUT2D eigenvalue weighted by molar-refractivity contribution is 7.89. The van der Waals surface area contributed by atoms with Gasteiger partial charge in [0.15, 0.2) is 0 Å². The summed E-state index contributed by atoms with van der Waals surface area (Å²) in [5, 5.41) is 2.02. The van der Waals surface area contributed by atoms with E-state index in [2.05, 4.69) is 18.2 Å². The van der Waals surface area contributed by atoms with Crippen LogP contribution in [0.5, 0.6) is 5.75 Å². The monoisotopic (exact) mass is 485 g/mol. The van der Waals surface area contributed by atoms with Crippen LogP contribution in [0.2, 0.25) is 0 Å². The quantitative estimate of drug-likeness (QED) is 0.468. The van der Waals surface area contributed by atoms with Crippen molar-refractivity contribution in [3.63, 3.8) is 0 Å². The van der Waals surface area contributed by atoms with E-state index in [1.165, 1.54) is 36.2 Å². The Kier molecular flexibility index (Phi) is 7.17. The summed E-state index contributed by atoms with van der Waals surface area (Å²) >= 11 is 1.56. The minimum Gasteiger partial charge on any atom is -0.497 e. The van der Waals surface area contributed by atoms with Crippen LogP contribution in [-0.2, 0) is 32.4 Å². The molecule has 174 valence electrons. The third kappa shape index (κ3) is 4.98. The zero-order valence-corrected chi connectivity index (χ0v) is 20.3. The normalized spacial score (nSPS) is 18.8. The lowest BCUT2D eigenvalue weighted by molar-refractivity contribution is -0.145. The number of thiophene rings is 1. The van der Waals surface area contributed by atoms with E-state index in [0.29, 0.717) is 12.2 Å². The van der Waals surface area contributed by atoms with E-state index in [9.17, 15) is 13.2 Å². The summed E-state index contributed by atoms with van der Waals surface area (Å²) in [5.74, 6) is -0.0125. The van der Waals surface area contributed by atoms with Crippen LogP contribution in [0, 0.1) is 0 Å². The molecular weight excluding hydrogens is 458 g/mol. The van der Waals surface area contributed by atoms with E-state index in [4.69, 9.17) is 9.47 Å². The molecule has 4 rings (SSSR count). The molecule has 0 bridgehead atoms. The first-order chi connectivity index (χ1) is 15.9. The number of aryl methyl sites for hydroxylation is 1. The van der Waals surface area contributed by atoms with Gasteiger partial charge in [-0.3, -0.25) is 4.79 Å². The van der Waals surface area contributed by atoms with Crippen LogP contribution in [0.25, 0.3) is 0 Å². The molecule has 0 fully saturated rings. The maximum absolute atomic E-state index is 13.7. The molecule has 0 spiro atoms. The molecule has 33 heavy (non-hydrogen) atoms. The Bertz CT molecular complexity index is 1190. The summed E-state index contributed by atoms with van der Waals surface area (Å²) in [6.07, 6.45) is 1.90. The zero-order valence-electron chi connectivity index (χ0n) is 18.6. The van der Waals surface area contributed by atoms with Crippen LogP contribution < -0.4 is 4.74 Å². The number of rotatable bonds is 7. The van der Waals surface area contributed by atoms with E-state index in [-0.39, 0.29) is 17.4 Å². The lowest BCUT2D eigenvalue weighted by atomic mass is 9.93. The molecule has 0 saturated heterocycles. The van der Waals surface area contributed by atoms with Gasteiger partial charge in [0.2, 0.25) is 10.0 Å². The van der Waals surface area contributed by atoms with Crippen molar-refractivity contribution in [1.82, 2.24) is 4.31 Å². The maximum Gasteiger partial charge on any atom is 0.324 e. The van der Waals surface area contributed by atoms with Crippen LogP contribution in [0.15, 0.2) is 70.9 Å². The number of methoxy groups -OCH3 is 2. The van der Waals surface area contributed by atoms with Gasteiger partial charge >= 0.3 is 5.97 Å². The first-order valence-electron chi connectivity index (χ1n) is 10.8. The topological polar surface area (TPSA) is 72.9 Å². The zero-order chi connectivity index (χ0) is 23.4. The predicted octanol–water partition coefficient (Wildman–Crippen LogP) is 4.26. The largest absolute Gasteiger partial charge is 0.497 e. The van der Waals surface area contributed by atoms with Crippen molar-refractivity contribution in [2.75, 3.05) is 20.8 Å². The molecule has 1 aromatic heterocycles. The van der Waals surface area contributed by atoms with E-state index in [1.54, 1.807) is 23.5 Å². The van der Waals surface area contributed by atoms with Gasteiger partial charge in [-0.15, -0.1) is 11.3 Å². The number of sulfonamides is 1. The van der Waals surface area contributed by atoms with Crippen molar-refractivity contribution in [2.45, 2.75) is 36.1 Å². The van der Waals surface area contributed by atoms with Crippen molar-refractivity contribution in [2.24, 2.45) is 0 Å². The number of carbonyl (C=O) groups excluding carboxylic acids is 1. The first kappa shape index (κ1) is 23.5. The minimum atomic E-state index is -3.94. The second-order valence-corrected chi connectivity index (χ2v) is 10.9. The summed E-state index contributed by atoms with van der Waals surface area (Å²) in [6.45, 7) is 0.213. The lowest BCUT2D eigenvalue weighted by Crippen LogP contribution is -2.47. The van der Waals surface area contributed by atoms with Crippen molar-refractivity contribution < 1.29 is 22.7 Å². The number of nitrogens with zero attached hydrogens (tertiary/aromatic N) is 1. The number of hydrogen-bond donors (Lipinski definition) is 0. The fraction of sp³-hybridized carbons (Fsp3) is 0.320. The van der Waals surface area contributed by atoms with Gasteiger partial charge in [0, 0.05) is 17.8 Å². The second kappa shape index (κ2) is 10.1. The van der Waals surface area contributed by atoms with Crippen molar-refractivity contribution in [1.29, 1.82) is 0 Å². The Morgan fingerprint density at radius 3 is 2.45 bits per heavy atom. The Morgan fingerprint density at radius 2 is 1.79 bits per heavy atom. The number of hydrogen-bond acceptors (Lipinski definition) is 6. The van der Waals surface area contributed by atoms with Crippen molar-refractivity contribution >= 4 is 27.3 Å². The standard InChI is InChI=1S/C25H27NO5S2/c1-30-20-10-12-21(13-11-20)33(28,29)26-17-19(9-8-18-6-4-3-5-7-18)22-14-15-32-24(22)16-23(26)25(27)31-2/h3-7,10-15,19,23H,8-9,16-17H2,1-2H3/t19-,23+/m1/s1. The minimum absolute atomic E-state index is 0.0332. The SMILES string of the molecule is COC(=O)[C@@H]1Cc2sccc2[C@H](CCc2ccccc2)CN1S(=O)(=O)c1ccc(OC)cc1. The Labute approximate surface area is 198 Å². The van der Waals surface area contributed by atoms with Crippen LogP contribution in [0.3, 0.4) is 0 Å². The van der Waals surface area contributed by atoms with E-state index < -0.39 is 22.0 Å². The summed E-state index contributed by atoms with van der Waals surface area (Å²) in [6, 6.07) is 17.6. The third-order valence-electron chi connectivity index (χ3n) is 6.11. The highest BCUT2D eigenvalue weighted by Gasteiger charge is 2.41. The molecule has 2 heterocycles. The molecule has 8 heteroatoms. The second-order valence-electron chi connectivity index (χ2n) is 8.01. The maximum atomic E-state index is 13.7. The average molecular weight is 486 g/mol. The molecular formula is C25H27NO5S2.